The Morgan fingerprint density at radius 1 is 1.05 bits per heavy atom. The maximum absolute atomic E-state index is 12.3. The van der Waals surface area contributed by atoms with Gasteiger partial charge in [0.25, 0.3) is 0 Å². The summed E-state index contributed by atoms with van der Waals surface area (Å²) in [7, 11) is 3.06. The standard InChI is InChI=1S/C35H36O5/c1-34-21-30(24-5-4-6-27(20-24)39-2)32-28-14-12-26(36)19-25(28)11-13-29(32)31(34)16-18-35(34,38)17-15-22-7-9-23(10-8-22)33(37)40-3/h4-10,19-20,29-31,38H,11-14,16,18,21H2,1-3H3/t29-,30+,31-,34-,35-/m0/s1. The highest BCUT2D eigenvalue weighted by molar-refractivity contribution is 5.93. The van der Waals surface area contributed by atoms with Crippen LogP contribution in [-0.2, 0) is 9.53 Å². The first-order chi connectivity index (χ1) is 19.3. The van der Waals surface area contributed by atoms with Crippen LogP contribution in [0.25, 0.3) is 0 Å². The van der Waals surface area contributed by atoms with Gasteiger partial charge < -0.3 is 14.6 Å². The summed E-state index contributed by atoms with van der Waals surface area (Å²) >= 11 is 0. The van der Waals surface area contributed by atoms with E-state index in [0.717, 1.165) is 43.4 Å². The molecule has 1 N–H and O–H groups in total. The minimum absolute atomic E-state index is 0.124. The molecule has 2 aromatic carbocycles. The summed E-state index contributed by atoms with van der Waals surface area (Å²) in [5, 5.41) is 12.3. The van der Waals surface area contributed by atoms with Crippen molar-refractivity contribution in [1.29, 1.82) is 0 Å². The Labute approximate surface area is 236 Å². The minimum Gasteiger partial charge on any atom is -0.497 e. The number of benzene rings is 2. The summed E-state index contributed by atoms with van der Waals surface area (Å²) in [6.07, 6.45) is 7.53. The van der Waals surface area contributed by atoms with Crippen molar-refractivity contribution in [2.45, 2.75) is 63.4 Å². The Balaban J connectivity index is 1.42. The molecule has 206 valence electrons. The lowest BCUT2D eigenvalue weighted by atomic mass is 9.51. The molecule has 0 unspecified atom stereocenters. The van der Waals surface area contributed by atoms with E-state index in [4.69, 9.17) is 9.47 Å². The molecule has 40 heavy (non-hydrogen) atoms. The number of aliphatic hydroxyl groups is 1. The van der Waals surface area contributed by atoms with E-state index in [9.17, 15) is 14.7 Å². The average Bonchev–Trinajstić information content (AvgIpc) is 3.25. The Bertz CT molecular complexity index is 1490. The van der Waals surface area contributed by atoms with Gasteiger partial charge in [0, 0.05) is 23.3 Å². The number of ketones is 1. The molecule has 0 saturated heterocycles. The lowest BCUT2D eigenvalue weighted by Crippen LogP contribution is -2.51. The smallest absolute Gasteiger partial charge is 0.337 e. The van der Waals surface area contributed by atoms with Crippen LogP contribution >= 0.6 is 0 Å². The molecule has 0 heterocycles. The third kappa shape index (κ3) is 4.30. The van der Waals surface area contributed by atoms with Gasteiger partial charge in [-0.25, -0.2) is 4.79 Å². The largest absolute Gasteiger partial charge is 0.497 e. The summed E-state index contributed by atoms with van der Waals surface area (Å²) in [4.78, 5) is 24.1. The van der Waals surface area contributed by atoms with E-state index < -0.39 is 11.0 Å². The number of carbonyl (C=O) groups is 2. The summed E-state index contributed by atoms with van der Waals surface area (Å²) in [6, 6.07) is 15.4. The van der Waals surface area contributed by atoms with Gasteiger partial charge in [-0.2, -0.15) is 0 Å². The number of esters is 1. The first-order valence-corrected chi connectivity index (χ1v) is 14.3. The Hall–Kier alpha value is -3.62. The summed E-state index contributed by atoms with van der Waals surface area (Å²) < 4.78 is 10.4. The fourth-order valence-electron chi connectivity index (χ4n) is 8.01. The zero-order valence-electron chi connectivity index (χ0n) is 23.5. The van der Waals surface area contributed by atoms with Gasteiger partial charge in [0.05, 0.1) is 19.8 Å². The van der Waals surface area contributed by atoms with Crippen molar-refractivity contribution in [1.82, 2.24) is 0 Å². The lowest BCUT2D eigenvalue weighted by Gasteiger charge is -2.53. The second-order valence-electron chi connectivity index (χ2n) is 12.0. The third-order valence-electron chi connectivity index (χ3n) is 10.1. The average molecular weight is 537 g/mol. The van der Waals surface area contributed by atoms with Crippen LogP contribution in [0.4, 0.5) is 0 Å². The van der Waals surface area contributed by atoms with E-state index in [2.05, 4.69) is 30.9 Å². The van der Waals surface area contributed by atoms with Crippen LogP contribution in [0.2, 0.25) is 0 Å². The van der Waals surface area contributed by atoms with Crippen LogP contribution in [0, 0.1) is 29.1 Å². The van der Waals surface area contributed by atoms with Crippen molar-refractivity contribution in [3.63, 3.8) is 0 Å². The highest BCUT2D eigenvalue weighted by Gasteiger charge is 2.62. The van der Waals surface area contributed by atoms with Gasteiger partial charge >= 0.3 is 5.97 Å². The van der Waals surface area contributed by atoms with E-state index in [1.54, 1.807) is 31.4 Å². The van der Waals surface area contributed by atoms with Gasteiger partial charge in [-0.3, -0.25) is 4.79 Å². The molecule has 4 aliphatic rings. The highest BCUT2D eigenvalue weighted by atomic mass is 16.5. The van der Waals surface area contributed by atoms with E-state index in [-0.39, 0.29) is 17.7 Å². The molecule has 0 radical (unpaired) electrons. The number of methoxy groups -OCH3 is 2. The highest BCUT2D eigenvalue weighted by Crippen LogP contribution is 2.66. The van der Waals surface area contributed by atoms with Crippen LogP contribution in [0.3, 0.4) is 0 Å². The van der Waals surface area contributed by atoms with E-state index in [1.807, 2.05) is 18.2 Å². The van der Waals surface area contributed by atoms with Crippen molar-refractivity contribution < 1.29 is 24.2 Å². The van der Waals surface area contributed by atoms with Gasteiger partial charge in [-0.05, 0) is 110 Å². The Morgan fingerprint density at radius 3 is 2.60 bits per heavy atom. The summed E-state index contributed by atoms with van der Waals surface area (Å²) in [5.74, 6) is 8.03. The molecule has 0 spiro atoms. The Morgan fingerprint density at radius 2 is 1.85 bits per heavy atom. The molecule has 6 rings (SSSR count). The topological polar surface area (TPSA) is 72.8 Å². The SMILES string of the molecule is COC(=O)c1ccc(C#C[C@]2(O)CC[C@H]3[C@@H]4CCC5=CC(=O)CCC5=C4[C@@H](c4cccc(OC)c4)C[C@@]32C)cc1. The van der Waals surface area contributed by atoms with Crippen LogP contribution in [0.5, 0.6) is 5.75 Å². The predicted molar refractivity (Wildman–Crippen MR) is 153 cm³/mol. The quantitative estimate of drug-likeness (QED) is 0.376. The van der Waals surface area contributed by atoms with Gasteiger partial charge in [0.2, 0.25) is 0 Å². The fourth-order valence-corrected chi connectivity index (χ4v) is 8.01. The zero-order chi connectivity index (χ0) is 28.1. The molecule has 4 aliphatic carbocycles. The Kier molecular flexibility index (Phi) is 6.71. The van der Waals surface area contributed by atoms with Crippen LogP contribution in [0.1, 0.15) is 79.3 Å². The number of ether oxygens (including phenoxy) is 2. The number of hydrogen-bond acceptors (Lipinski definition) is 5. The molecule has 0 aliphatic heterocycles. The van der Waals surface area contributed by atoms with E-state index in [0.29, 0.717) is 30.2 Å². The molecule has 2 aromatic rings. The number of allylic oxidation sites excluding steroid dienone is 4. The van der Waals surface area contributed by atoms with E-state index >= 15 is 0 Å². The fraction of sp³-hybridized carbons (Fsp3) is 0.429. The van der Waals surface area contributed by atoms with Crippen molar-refractivity contribution in [2.75, 3.05) is 14.2 Å². The normalized spacial score (nSPS) is 30.8. The molecule has 0 amide bonds. The molecule has 2 fully saturated rings. The number of carbonyl (C=O) groups excluding carboxylic acids is 2. The minimum atomic E-state index is -1.13. The molecule has 0 aromatic heterocycles. The van der Waals surface area contributed by atoms with E-state index in [1.165, 1.54) is 29.4 Å². The maximum Gasteiger partial charge on any atom is 0.337 e. The van der Waals surface area contributed by atoms with Crippen molar-refractivity contribution in [3.05, 3.63) is 88.0 Å². The molecule has 2 saturated carbocycles. The molecular formula is C35H36O5. The van der Waals surface area contributed by atoms with Crippen LogP contribution in [0.15, 0.2) is 71.3 Å². The number of rotatable bonds is 3. The second-order valence-corrected chi connectivity index (χ2v) is 12.0. The monoisotopic (exact) mass is 536 g/mol. The van der Waals surface area contributed by atoms with Crippen molar-refractivity contribution in [2.24, 2.45) is 17.3 Å². The second kappa shape index (κ2) is 10.1. The van der Waals surface area contributed by atoms with Crippen LogP contribution < -0.4 is 4.74 Å². The lowest BCUT2D eigenvalue weighted by molar-refractivity contribution is -0.114. The first-order valence-electron chi connectivity index (χ1n) is 14.3. The zero-order valence-corrected chi connectivity index (χ0v) is 23.5. The summed E-state index contributed by atoms with van der Waals surface area (Å²) in [6.45, 7) is 2.24. The van der Waals surface area contributed by atoms with Crippen LogP contribution in [-0.4, -0.2) is 36.7 Å². The number of fused-ring (bicyclic) bond motifs is 4. The first kappa shape index (κ1) is 26.6. The van der Waals surface area contributed by atoms with Gasteiger partial charge in [0.1, 0.15) is 11.4 Å². The molecule has 5 heteroatoms. The summed E-state index contributed by atoms with van der Waals surface area (Å²) in [5.41, 5.74) is 4.99. The molecule has 0 bridgehead atoms. The number of hydrogen-bond donors (Lipinski definition) is 1. The van der Waals surface area contributed by atoms with Gasteiger partial charge in [-0.1, -0.05) is 36.5 Å². The maximum atomic E-state index is 12.3. The molecular weight excluding hydrogens is 500 g/mol. The van der Waals surface area contributed by atoms with Gasteiger partial charge in [-0.15, -0.1) is 0 Å². The third-order valence-corrected chi connectivity index (χ3v) is 10.1. The predicted octanol–water partition coefficient (Wildman–Crippen LogP) is 6.16. The van der Waals surface area contributed by atoms with Gasteiger partial charge in [0.15, 0.2) is 5.78 Å². The van der Waals surface area contributed by atoms with Crippen molar-refractivity contribution >= 4 is 11.8 Å². The molecule has 5 nitrogen and oxygen atoms in total. The van der Waals surface area contributed by atoms with Crippen molar-refractivity contribution in [3.8, 4) is 17.6 Å². The molecule has 5 atom stereocenters.